The number of hydrogen-bond donors (Lipinski definition) is 3. The number of carbonyl (C=O) groups is 6. The van der Waals surface area contributed by atoms with Crippen molar-refractivity contribution < 1.29 is 39.0 Å². The molecule has 5 rings (SSSR count). The van der Waals surface area contributed by atoms with Gasteiger partial charge in [0.1, 0.15) is 5.75 Å². The summed E-state index contributed by atoms with van der Waals surface area (Å²) in [6.45, 7) is 1.76. The van der Waals surface area contributed by atoms with E-state index in [0.29, 0.717) is 11.1 Å². The molecule has 11 nitrogen and oxygen atoms in total. The summed E-state index contributed by atoms with van der Waals surface area (Å²) in [5.74, 6) is -11.3. The SMILES string of the molecule is CN(C)[C@@H]1C(=O)C(C(N)=O)C(=O)[C@@]2(O)C(=O)C3C(=O)c4c(O)ccc(C(=O)CN5CCCCC5)c4C[C@H]3C[C@@H]12. The number of phenolic OH excluding ortho intramolecular Hbond substituents is 1. The summed E-state index contributed by atoms with van der Waals surface area (Å²) in [5, 5.41) is 22.3. The van der Waals surface area contributed by atoms with Gasteiger partial charge in [0.2, 0.25) is 5.91 Å². The van der Waals surface area contributed by atoms with E-state index >= 15 is 0 Å². The third-order valence-electron chi connectivity index (χ3n) is 9.06. The van der Waals surface area contributed by atoms with Gasteiger partial charge in [-0.2, -0.15) is 0 Å². The first-order valence-electron chi connectivity index (χ1n) is 13.3. The molecule has 6 atom stereocenters. The van der Waals surface area contributed by atoms with Gasteiger partial charge in [0.25, 0.3) is 0 Å². The number of fused-ring (bicyclic) bond motifs is 3. The summed E-state index contributed by atoms with van der Waals surface area (Å²) in [5.41, 5.74) is 3.04. The lowest BCUT2D eigenvalue weighted by Gasteiger charge is -2.52. The van der Waals surface area contributed by atoms with Crippen LogP contribution in [0, 0.1) is 23.7 Å². The summed E-state index contributed by atoms with van der Waals surface area (Å²) in [7, 11) is 3.06. The zero-order chi connectivity index (χ0) is 28.4. The fraction of sp³-hybridized carbons (Fsp3) is 0.571. The summed E-state index contributed by atoms with van der Waals surface area (Å²) in [6.07, 6.45) is 3.12. The summed E-state index contributed by atoms with van der Waals surface area (Å²) in [6, 6.07) is 1.57. The molecule has 11 heteroatoms. The zero-order valence-corrected chi connectivity index (χ0v) is 22.0. The maximum absolute atomic E-state index is 13.9. The number of phenols is 1. The minimum Gasteiger partial charge on any atom is -0.507 e. The molecule has 39 heavy (non-hydrogen) atoms. The first-order chi connectivity index (χ1) is 18.4. The van der Waals surface area contributed by atoms with Crippen LogP contribution in [0.2, 0.25) is 0 Å². The Bertz CT molecular complexity index is 1300. The Morgan fingerprint density at radius 3 is 2.36 bits per heavy atom. The lowest BCUT2D eigenvalue weighted by Crippen LogP contribution is -2.74. The molecule has 3 aliphatic carbocycles. The Balaban J connectivity index is 1.56. The maximum Gasteiger partial charge on any atom is 0.235 e. The van der Waals surface area contributed by atoms with Crippen LogP contribution < -0.4 is 5.73 Å². The van der Waals surface area contributed by atoms with Crippen molar-refractivity contribution in [1.82, 2.24) is 9.80 Å². The van der Waals surface area contributed by atoms with Gasteiger partial charge < -0.3 is 15.9 Å². The molecule has 0 radical (unpaired) electrons. The zero-order valence-electron chi connectivity index (χ0n) is 22.0. The van der Waals surface area contributed by atoms with Gasteiger partial charge in [-0.25, -0.2) is 0 Å². The number of amides is 1. The predicted octanol–water partition coefficient (Wildman–Crippen LogP) is -0.464. The second-order valence-electron chi connectivity index (χ2n) is 11.5. The van der Waals surface area contributed by atoms with E-state index in [1.165, 1.54) is 31.1 Å². The fourth-order valence-corrected chi connectivity index (χ4v) is 7.27. The normalized spacial score (nSPS) is 33.0. The number of primary amides is 1. The van der Waals surface area contributed by atoms with Crippen LogP contribution in [0.1, 0.15) is 52.0 Å². The Labute approximate surface area is 225 Å². The number of nitrogens with zero attached hydrogens (tertiary/aromatic N) is 2. The van der Waals surface area contributed by atoms with E-state index in [9.17, 15) is 39.0 Å². The molecule has 2 saturated carbocycles. The smallest absolute Gasteiger partial charge is 0.235 e. The molecule has 1 heterocycles. The number of Topliss-reactive ketones (excluding diaryl/α,β-unsaturated/α-hetero) is 5. The number of likely N-dealkylation sites (N-methyl/N-ethyl adjacent to an activating group) is 1. The Hall–Kier alpha value is -3.28. The van der Waals surface area contributed by atoms with Crippen LogP contribution in [0.25, 0.3) is 0 Å². The fourth-order valence-electron chi connectivity index (χ4n) is 7.27. The molecule has 1 amide bonds. The number of likely N-dealkylation sites (tertiary alicyclic amines) is 1. The van der Waals surface area contributed by atoms with Crippen LogP contribution in [0.4, 0.5) is 0 Å². The van der Waals surface area contributed by atoms with Crippen molar-refractivity contribution in [2.45, 2.75) is 43.7 Å². The summed E-state index contributed by atoms with van der Waals surface area (Å²) in [4.78, 5) is 83.0. The molecule has 1 aromatic rings. The first-order valence-corrected chi connectivity index (χ1v) is 13.3. The van der Waals surface area contributed by atoms with Crippen molar-refractivity contribution in [3.05, 3.63) is 28.8 Å². The standard InChI is InChI=1S/C28H33N3O8/c1-30(2)22-16-11-13-10-15-14(18(33)12-31-8-4-3-5-9-31)6-7-17(32)20(15)23(34)19(13)25(36)28(16,39)26(37)21(24(22)35)27(29)38/h6-7,13,16,19,21-22,32,39H,3-5,8-12H2,1-2H3,(H2,29,38)/t13-,16-,19?,21?,22-,28-/m0/s1. The summed E-state index contributed by atoms with van der Waals surface area (Å²) >= 11 is 0. The van der Waals surface area contributed by atoms with Crippen molar-refractivity contribution in [3.8, 4) is 5.75 Å². The van der Waals surface area contributed by atoms with Crippen LogP contribution in [-0.2, 0) is 25.6 Å². The Morgan fingerprint density at radius 2 is 1.74 bits per heavy atom. The number of carbonyl (C=O) groups excluding carboxylic acids is 6. The van der Waals surface area contributed by atoms with Crippen LogP contribution in [-0.4, -0.2) is 100 Å². The lowest BCUT2D eigenvalue weighted by atomic mass is 9.52. The number of rotatable bonds is 5. The number of hydrogen-bond acceptors (Lipinski definition) is 10. The van der Waals surface area contributed by atoms with Crippen LogP contribution in [0.15, 0.2) is 12.1 Å². The monoisotopic (exact) mass is 539 g/mol. The topological polar surface area (TPSA) is 175 Å². The quantitative estimate of drug-likeness (QED) is 0.328. The molecule has 3 fully saturated rings. The average molecular weight is 540 g/mol. The predicted molar refractivity (Wildman–Crippen MR) is 136 cm³/mol. The van der Waals surface area contributed by atoms with E-state index in [2.05, 4.69) is 4.90 Å². The highest BCUT2D eigenvalue weighted by atomic mass is 16.3. The third kappa shape index (κ3) is 4.06. The van der Waals surface area contributed by atoms with Gasteiger partial charge in [0, 0.05) is 11.5 Å². The van der Waals surface area contributed by atoms with Gasteiger partial charge in [-0.1, -0.05) is 6.42 Å². The number of piperidine rings is 1. The second-order valence-corrected chi connectivity index (χ2v) is 11.5. The number of nitrogens with two attached hydrogens (primary N) is 1. The van der Waals surface area contributed by atoms with E-state index in [1.54, 1.807) is 0 Å². The van der Waals surface area contributed by atoms with E-state index in [4.69, 9.17) is 5.73 Å². The maximum atomic E-state index is 13.9. The van der Waals surface area contributed by atoms with Crippen molar-refractivity contribution in [3.63, 3.8) is 0 Å². The van der Waals surface area contributed by atoms with Gasteiger partial charge in [-0.3, -0.25) is 38.6 Å². The van der Waals surface area contributed by atoms with E-state index in [-0.39, 0.29) is 30.7 Å². The van der Waals surface area contributed by atoms with Gasteiger partial charge in [0.05, 0.1) is 24.1 Å². The molecule has 0 aromatic heterocycles. The highest BCUT2D eigenvalue weighted by Gasteiger charge is 2.69. The van der Waals surface area contributed by atoms with Crippen LogP contribution in [0.3, 0.4) is 0 Å². The van der Waals surface area contributed by atoms with Crippen molar-refractivity contribution in [2.24, 2.45) is 29.4 Å². The minimum absolute atomic E-state index is 0.0562. The number of aromatic hydroxyl groups is 1. The van der Waals surface area contributed by atoms with Crippen molar-refractivity contribution >= 4 is 34.8 Å². The van der Waals surface area contributed by atoms with Crippen LogP contribution in [0.5, 0.6) is 5.75 Å². The average Bonchev–Trinajstić information content (AvgIpc) is 2.86. The van der Waals surface area contributed by atoms with Gasteiger partial charge in [0.15, 0.2) is 40.4 Å². The molecule has 0 bridgehead atoms. The number of ketones is 5. The van der Waals surface area contributed by atoms with E-state index in [0.717, 1.165) is 32.4 Å². The Morgan fingerprint density at radius 1 is 1.08 bits per heavy atom. The number of aliphatic hydroxyl groups is 1. The largest absolute Gasteiger partial charge is 0.507 e. The molecular formula is C28H33N3O8. The van der Waals surface area contributed by atoms with Crippen LogP contribution >= 0.6 is 0 Å². The number of benzene rings is 1. The third-order valence-corrected chi connectivity index (χ3v) is 9.06. The molecule has 0 spiro atoms. The molecule has 1 saturated heterocycles. The van der Waals surface area contributed by atoms with Gasteiger partial charge in [-0.15, -0.1) is 0 Å². The summed E-state index contributed by atoms with van der Waals surface area (Å²) < 4.78 is 0. The highest BCUT2D eigenvalue weighted by molar-refractivity contribution is 6.32. The van der Waals surface area contributed by atoms with Crippen molar-refractivity contribution in [2.75, 3.05) is 33.7 Å². The van der Waals surface area contributed by atoms with Gasteiger partial charge >= 0.3 is 0 Å². The minimum atomic E-state index is -2.77. The molecule has 2 unspecified atom stereocenters. The molecule has 208 valence electrons. The van der Waals surface area contributed by atoms with E-state index in [1.807, 2.05) is 0 Å². The molecule has 4 aliphatic rings. The lowest BCUT2D eigenvalue weighted by molar-refractivity contribution is -0.181. The Kier molecular flexibility index (Phi) is 6.80. The molecule has 4 N–H and O–H groups in total. The second kappa shape index (κ2) is 9.72. The highest BCUT2D eigenvalue weighted by Crippen LogP contribution is 2.51. The molecular weight excluding hydrogens is 506 g/mol. The molecule has 1 aromatic carbocycles. The van der Waals surface area contributed by atoms with Crippen molar-refractivity contribution in [1.29, 1.82) is 0 Å². The van der Waals surface area contributed by atoms with Gasteiger partial charge in [-0.05, 0) is 76.5 Å². The van der Waals surface area contributed by atoms with E-state index < -0.39 is 70.1 Å². The first kappa shape index (κ1) is 27.3. The molecule has 1 aliphatic heterocycles.